The van der Waals surface area contributed by atoms with Crippen LogP contribution in [0.3, 0.4) is 0 Å². The third-order valence-corrected chi connectivity index (χ3v) is 4.75. The van der Waals surface area contributed by atoms with Crippen molar-refractivity contribution in [3.63, 3.8) is 0 Å². The largest absolute Gasteiger partial charge is 0.493 e. The summed E-state index contributed by atoms with van der Waals surface area (Å²) in [4.78, 5) is 12.3. The molecule has 1 amide bonds. The number of methoxy groups -OCH3 is 4. The van der Waals surface area contributed by atoms with Crippen LogP contribution in [0.1, 0.15) is 11.3 Å². The molecule has 0 bridgehead atoms. The molecule has 0 aliphatic carbocycles. The SMILES string of the molecule is COc1ccc(CCNC(=O)Cc2cc(-c3ccc(OC)c(OC)c3)on2)cc1OC. The lowest BCUT2D eigenvalue weighted by Gasteiger charge is -2.10. The maximum Gasteiger partial charge on any atom is 0.226 e. The van der Waals surface area contributed by atoms with E-state index in [9.17, 15) is 4.79 Å². The first-order valence-electron chi connectivity index (χ1n) is 9.73. The molecule has 0 aliphatic heterocycles. The summed E-state index contributed by atoms with van der Waals surface area (Å²) in [5.74, 6) is 2.97. The van der Waals surface area contributed by atoms with Crippen LogP contribution in [0.4, 0.5) is 0 Å². The van der Waals surface area contributed by atoms with Gasteiger partial charge in [-0.1, -0.05) is 11.2 Å². The Hall–Kier alpha value is -3.68. The van der Waals surface area contributed by atoms with Crippen LogP contribution < -0.4 is 24.3 Å². The highest BCUT2D eigenvalue weighted by molar-refractivity contribution is 5.78. The Kier molecular flexibility index (Phi) is 7.37. The zero-order valence-electron chi connectivity index (χ0n) is 18.1. The molecule has 0 fully saturated rings. The standard InChI is InChI=1S/C23H26N2O6/c1-27-18-7-5-15(11-21(18)29-3)9-10-24-23(26)14-17-13-20(31-25-17)16-6-8-19(28-2)22(12-16)30-4/h5-8,11-13H,9-10,14H2,1-4H3,(H,24,26). The molecule has 0 radical (unpaired) electrons. The lowest BCUT2D eigenvalue weighted by molar-refractivity contribution is -0.120. The topological polar surface area (TPSA) is 92.1 Å². The van der Waals surface area contributed by atoms with Crippen molar-refractivity contribution >= 4 is 5.91 Å². The first-order chi connectivity index (χ1) is 15.1. The summed E-state index contributed by atoms with van der Waals surface area (Å²) in [7, 11) is 6.34. The highest BCUT2D eigenvalue weighted by Crippen LogP contribution is 2.32. The normalized spacial score (nSPS) is 10.5. The Bertz CT molecular complexity index is 1030. The Morgan fingerprint density at radius 1 is 0.871 bits per heavy atom. The Morgan fingerprint density at radius 2 is 1.52 bits per heavy atom. The Morgan fingerprint density at radius 3 is 2.19 bits per heavy atom. The molecular formula is C23H26N2O6. The maximum atomic E-state index is 12.3. The van der Waals surface area contributed by atoms with Crippen molar-refractivity contribution in [3.05, 3.63) is 53.7 Å². The quantitative estimate of drug-likeness (QED) is 0.532. The van der Waals surface area contributed by atoms with E-state index in [-0.39, 0.29) is 12.3 Å². The van der Waals surface area contributed by atoms with Crippen molar-refractivity contribution in [2.75, 3.05) is 35.0 Å². The van der Waals surface area contributed by atoms with Gasteiger partial charge in [-0.2, -0.15) is 0 Å². The summed E-state index contributed by atoms with van der Waals surface area (Å²) >= 11 is 0. The molecule has 2 aromatic carbocycles. The minimum atomic E-state index is -0.132. The van der Waals surface area contributed by atoms with Crippen LogP contribution in [0.5, 0.6) is 23.0 Å². The third kappa shape index (κ3) is 5.48. The maximum absolute atomic E-state index is 12.3. The van der Waals surface area contributed by atoms with Crippen LogP contribution in [0, 0.1) is 0 Å². The van der Waals surface area contributed by atoms with Gasteiger partial charge in [0.25, 0.3) is 0 Å². The van der Waals surface area contributed by atoms with E-state index in [2.05, 4.69) is 10.5 Å². The molecule has 1 N–H and O–H groups in total. The van der Waals surface area contributed by atoms with E-state index in [4.69, 9.17) is 23.5 Å². The molecule has 3 rings (SSSR count). The zero-order chi connectivity index (χ0) is 22.2. The fourth-order valence-corrected chi connectivity index (χ4v) is 3.13. The van der Waals surface area contributed by atoms with Crippen LogP contribution in [0.15, 0.2) is 47.0 Å². The molecule has 164 valence electrons. The molecule has 0 spiro atoms. The van der Waals surface area contributed by atoms with Gasteiger partial charge in [0.05, 0.1) is 40.6 Å². The van der Waals surface area contributed by atoms with Crippen molar-refractivity contribution in [2.45, 2.75) is 12.8 Å². The highest BCUT2D eigenvalue weighted by atomic mass is 16.5. The molecule has 8 nitrogen and oxygen atoms in total. The second-order valence-electron chi connectivity index (χ2n) is 6.72. The van der Waals surface area contributed by atoms with Gasteiger partial charge in [-0.05, 0) is 42.3 Å². The lowest BCUT2D eigenvalue weighted by atomic mass is 10.1. The van der Waals surface area contributed by atoms with Crippen molar-refractivity contribution in [1.29, 1.82) is 0 Å². The number of ether oxygens (including phenoxy) is 4. The van der Waals surface area contributed by atoms with Gasteiger partial charge in [0.2, 0.25) is 5.91 Å². The summed E-state index contributed by atoms with van der Waals surface area (Å²) in [6, 6.07) is 12.9. The monoisotopic (exact) mass is 426 g/mol. The van der Waals surface area contributed by atoms with Crippen LogP contribution in [-0.2, 0) is 17.6 Å². The van der Waals surface area contributed by atoms with Gasteiger partial charge >= 0.3 is 0 Å². The van der Waals surface area contributed by atoms with E-state index < -0.39 is 0 Å². The smallest absolute Gasteiger partial charge is 0.226 e. The number of benzene rings is 2. The minimum Gasteiger partial charge on any atom is -0.493 e. The average molecular weight is 426 g/mol. The number of aromatic nitrogens is 1. The Labute approximate surface area is 181 Å². The van der Waals surface area contributed by atoms with E-state index in [0.29, 0.717) is 47.4 Å². The first-order valence-corrected chi connectivity index (χ1v) is 9.73. The van der Waals surface area contributed by atoms with E-state index in [1.54, 1.807) is 46.6 Å². The predicted octanol–water partition coefficient (Wildman–Crippen LogP) is 3.28. The molecular weight excluding hydrogens is 400 g/mol. The lowest BCUT2D eigenvalue weighted by Crippen LogP contribution is -2.27. The van der Waals surface area contributed by atoms with Gasteiger partial charge in [0.15, 0.2) is 28.8 Å². The van der Waals surface area contributed by atoms with Crippen LogP contribution in [0.25, 0.3) is 11.3 Å². The van der Waals surface area contributed by atoms with Gasteiger partial charge in [-0.3, -0.25) is 4.79 Å². The van der Waals surface area contributed by atoms with E-state index in [1.165, 1.54) is 0 Å². The number of hydrogen-bond donors (Lipinski definition) is 1. The van der Waals surface area contributed by atoms with Crippen molar-refractivity contribution in [2.24, 2.45) is 0 Å². The number of nitrogens with zero attached hydrogens (tertiary/aromatic N) is 1. The van der Waals surface area contributed by atoms with Crippen LogP contribution in [0.2, 0.25) is 0 Å². The summed E-state index contributed by atoms with van der Waals surface area (Å²) in [5.41, 5.74) is 2.37. The minimum absolute atomic E-state index is 0.128. The average Bonchev–Trinajstić information content (AvgIpc) is 3.26. The number of carbonyl (C=O) groups excluding carboxylic acids is 1. The number of nitrogens with one attached hydrogen (secondary N) is 1. The molecule has 31 heavy (non-hydrogen) atoms. The second kappa shape index (κ2) is 10.4. The Balaban J connectivity index is 1.54. The summed E-state index contributed by atoms with van der Waals surface area (Å²) < 4.78 is 26.5. The number of amides is 1. The molecule has 0 saturated heterocycles. The van der Waals surface area contributed by atoms with Gasteiger partial charge in [0, 0.05) is 18.2 Å². The van der Waals surface area contributed by atoms with Crippen LogP contribution >= 0.6 is 0 Å². The molecule has 1 aromatic heterocycles. The molecule has 0 atom stereocenters. The molecule has 8 heteroatoms. The summed E-state index contributed by atoms with van der Waals surface area (Å²) in [5, 5.41) is 6.90. The van der Waals surface area contributed by atoms with E-state index >= 15 is 0 Å². The first kappa shape index (κ1) is 22.0. The molecule has 1 heterocycles. The van der Waals surface area contributed by atoms with Crippen LogP contribution in [-0.4, -0.2) is 46.0 Å². The molecule has 3 aromatic rings. The fraction of sp³-hybridized carbons (Fsp3) is 0.304. The fourth-order valence-electron chi connectivity index (χ4n) is 3.13. The van der Waals surface area contributed by atoms with E-state index in [1.807, 2.05) is 24.3 Å². The van der Waals surface area contributed by atoms with Gasteiger partial charge in [0.1, 0.15) is 0 Å². The van der Waals surface area contributed by atoms with Gasteiger partial charge in [-0.25, -0.2) is 0 Å². The van der Waals surface area contributed by atoms with Gasteiger partial charge < -0.3 is 28.8 Å². The summed E-state index contributed by atoms with van der Waals surface area (Å²) in [6.45, 7) is 0.495. The van der Waals surface area contributed by atoms with Crippen molar-refractivity contribution < 1.29 is 28.3 Å². The highest BCUT2D eigenvalue weighted by Gasteiger charge is 2.13. The molecule has 0 unspecified atom stereocenters. The predicted molar refractivity (Wildman–Crippen MR) is 115 cm³/mol. The number of rotatable bonds is 10. The van der Waals surface area contributed by atoms with E-state index in [0.717, 1.165) is 11.1 Å². The number of hydrogen-bond acceptors (Lipinski definition) is 7. The van der Waals surface area contributed by atoms with Crippen molar-refractivity contribution in [3.8, 4) is 34.3 Å². The number of carbonyl (C=O) groups is 1. The molecule has 0 saturated carbocycles. The summed E-state index contributed by atoms with van der Waals surface area (Å²) in [6.07, 6.45) is 0.796. The third-order valence-electron chi connectivity index (χ3n) is 4.75. The van der Waals surface area contributed by atoms with Gasteiger partial charge in [-0.15, -0.1) is 0 Å². The van der Waals surface area contributed by atoms with Crippen molar-refractivity contribution in [1.82, 2.24) is 10.5 Å². The molecule has 0 aliphatic rings. The second-order valence-corrected chi connectivity index (χ2v) is 6.72. The zero-order valence-corrected chi connectivity index (χ0v) is 18.1.